The summed E-state index contributed by atoms with van der Waals surface area (Å²) in [5.74, 6) is 1.24. The van der Waals surface area contributed by atoms with Crippen molar-refractivity contribution < 1.29 is 4.42 Å². The van der Waals surface area contributed by atoms with Crippen LogP contribution in [0.2, 0.25) is 0 Å². The standard InChI is InChI=1S/C75H55NO/c1-75(2,3)59-46-44-50(45-47-59)62-49-76-74(77-62)73-71-60(63(51-28-12-4-13-29-51)65(53-32-16-6-17-33-53)67(55-36-20-8-21-37-55)69(71)57-40-24-10-25-41-57)48-61-64(52-30-14-5-15-31-52)66(54-34-18-7-19-35-54)68(56-38-22-9-23-39-56)70(72(61)73)58-42-26-11-27-43-58/h4-49H,1-3H3. The first-order valence-electron chi connectivity index (χ1n) is 26.6. The molecule has 13 aromatic rings. The Balaban J connectivity index is 1.37. The Morgan fingerprint density at radius 3 is 0.844 bits per heavy atom. The number of rotatable bonds is 10. The number of hydrogen-bond donors (Lipinski definition) is 0. The first-order chi connectivity index (χ1) is 37.9. The lowest BCUT2D eigenvalue weighted by Gasteiger charge is -2.29. The zero-order chi connectivity index (χ0) is 51.9. The highest BCUT2D eigenvalue weighted by molar-refractivity contribution is 6.32. The van der Waals surface area contributed by atoms with Crippen LogP contribution >= 0.6 is 0 Å². The van der Waals surface area contributed by atoms with E-state index >= 15 is 0 Å². The Morgan fingerprint density at radius 1 is 0.273 bits per heavy atom. The van der Waals surface area contributed by atoms with E-state index in [1.807, 2.05) is 6.20 Å². The van der Waals surface area contributed by atoms with Crippen molar-refractivity contribution in [2.75, 3.05) is 0 Å². The van der Waals surface area contributed by atoms with Gasteiger partial charge in [0, 0.05) is 16.3 Å². The normalized spacial score (nSPS) is 11.6. The summed E-state index contributed by atoms with van der Waals surface area (Å²) < 4.78 is 7.48. The summed E-state index contributed by atoms with van der Waals surface area (Å²) in [5.41, 5.74) is 21.1. The highest BCUT2D eigenvalue weighted by atomic mass is 16.4. The topological polar surface area (TPSA) is 26.0 Å². The van der Waals surface area contributed by atoms with E-state index in [1.165, 1.54) is 5.56 Å². The van der Waals surface area contributed by atoms with Crippen molar-refractivity contribution in [3.05, 3.63) is 285 Å². The molecule has 1 aromatic heterocycles. The van der Waals surface area contributed by atoms with E-state index in [9.17, 15) is 0 Å². The number of benzene rings is 12. The molecule has 12 aromatic carbocycles. The minimum absolute atomic E-state index is 0.00823. The van der Waals surface area contributed by atoms with Crippen molar-refractivity contribution in [3.8, 4) is 112 Å². The smallest absolute Gasteiger partial charge is 0.228 e. The predicted octanol–water partition coefficient (Wildman–Crippen LogP) is 20.9. The first-order valence-corrected chi connectivity index (χ1v) is 26.6. The van der Waals surface area contributed by atoms with Crippen molar-refractivity contribution >= 4 is 21.5 Å². The molecule has 0 aliphatic carbocycles. The maximum atomic E-state index is 7.48. The lowest BCUT2D eigenvalue weighted by Crippen LogP contribution is -2.10. The summed E-state index contributed by atoms with van der Waals surface area (Å²) >= 11 is 0. The Labute approximate surface area is 451 Å². The molecule has 0 N–H and O–H groups in total. The van der Waals surface area contributed by atoms with Gasteiger partial charge in [0.15, 0.2) is 5.76 Å². The molecule has 0 aliphatic rings. The summed E-state index contributed by atoms with van der Waals surface area (Å²) in [4.78, 5) is 5.51. The molecule has 0 radical (unpaired) electrons. The summed E-state index contributed by atoms with van der Waals surface area (Å²) in [6, 6.07) is 99.1. The molecule has 0 aliphatic heterocycles. The van der Waals surface area contributed by atoms with Gasteiger partial charge in [-0.05, 0) is 117 Å². The average Bonchev–Trinajstić information content (AvgIpc) is 4.06. The van der Waals surface area contributed by atoms with Crippen molar-refractivity contribution in [3.63, 3.8) is 0 Å². The molecule has 13 rings (SSSR count). The second-order valence-electron chi connectivity index (χ2n) is 20.9. The summed E-state index contributed by atoms with van der Waals surface area (Å²) in [5, 5.41) is 4.29. The third-order valence-corrected chi connectivity index (χ3v) is 15.1. The van der Waals surface area contributed by atoms with E-state index in [2.05, 4.69) is 294 Å². The van der Waals surface area contributed by atoms with E-state index in [4.69, 9.17) is 9.40 Å². The first kappa shape index (κ1) is 47.1. The number of nitrogens with zero attached hydrogens (tertiary/aromatic N) is 1. The quantitative estimate of drug-likeness (QED) is 0.128. The monoisotopic (exact) mass is 985 g/mol. The molecule has 0 saturated carbocycles. The van der Waals surface area contributed by atoms with Gasteiger partial charge in [0.25, 0.3) is 0 Å². The third-order valence-electron chi connectivity index (χ3n) is 15.1. The van der Waals surface area contributed by atoms with Crippen LogP contribution in [0.1, 0.15) is 26.3 Å². The molecule has 2 nitrogen and oxygen atoms in total. The summed E-state index contributed by atoms with van der Waals surface area (Å²) in [6.07, 6.45) is 1.93. The molecule has 77 heavy (non-hydrogen) atoms. The van der Waals surface area contributed by atoms with E-state index in [0.717, 1.165) is 122 Å². The van der Waals surface area contributed by atoms with Gasteiger partial charge in [-0.25, -0.2) is 4.98 Å². The van der Waals surface area contributed by atoms with Gasteiger partial charge in [-0.3, -0.25) is 0 Å². The molecular formula is C75H55NO. The fourth-order valence-corrected chi connectivity index (χ4v) is 11.7. The van der Waals surface area contributed by atoms with Crippen LogP contribution in [0.15, 0.2) is 284 Å². The lowest BCUT2D eigenvalue weighted by atomic mass is 9.73. The van der Waals surface area contributed by atoms with Crippen molar-refractivity contribution in [2.45, 2.75) is 26.2 Å². The van der Waals surface area contributed by atoms with Crippen LogP contribution in [0.4, 0.5) is 0 Å². The van der Waals surface area contributed by atoms with Crippen LogP contribution in [0, 0.1) is 0 Å². The van der Waals surface area contributed by atoms with Crippen LogP contribution in [0.3, 0.4) is 0 Å². The van der Waals surface area contributed by atoms with E-state index in [-0.39, 0.29) is 5.41 Å². The molecule has 0 saturated heterocycles. The highest BCUT2D eigenvalue weighted by Gasteiger charge is 2.33. The Morgan fingerprint density at radius 2 is 0.545 bits per heavy atom. The molecule has 0 amide bonds. The zero-order valence-corrected chi connectivity index (χ0v) is 43.4. The van der Waals surface area contributed by atoms with Crippen molar-refractivity contribution in [1.82, 2.24) is 4.98 Å². The molecule has 366 valence electrons. The second kappa shape index (κ2) is 19.9. The number of oxazole rings is 1. The SMILES string of the molecule is CC(C)(C)c1ccc(-c2cnc(-c3c4c(-c5ccccc5)c(-c5ccccc5)c(-c5ccccc5)c(-c5ccccc5)c4cc4c(-c5ccccc5)c(-c5ccccc5)c(-c5ccccc5)c(-c5ccccc5)c34)o2)cc1. The molecule has 0 bridgehead atoms. The summed E-state index contributed by atoms with van der Waals surface area (Å²) in [7, 11) is 0. The molecule has 0 fully saturated rings. The fraction of sp³-hybridized carbons (Fsp3) is 0.0533. The van der Waals surface area contributed by atoms with Crippen LogP contribution in [-0.2, 0) is 5.41 Å². The minimum atomic E-state index is -0.00823. The Kier molecular flexibility index (Phi) is 12.2. The Bertz CT molecular complexity index is 3980. The van der Waals surface area contributed by atoms with Crippen LogP contribution < -0.4 is 0 Å². The van der Waals surface area contributed by atoms with Gasteiger partial charge in [-0.15, -0.1) is 0 Å². The fourth-order valence-electron chi connectivity index (χ4n) is 11.7. The van der Waals surface area contributed by atoms with Crippen LogP contribution in [0.25, 0.3) is 133 Å². The van der Waals surface area contributed by atoms with Crippen LogP contribution in [0.5, 0.6) is 0 Å². The van der Waals surface area contributed by atoms with Crippen molar-refractivity contribution in [2.24, 2.45) is 0 Å². The molecule has 0 unspecified atom stereocenters. The van der Waals surface area contributed by atoms with Crippen molar-refractivity contribution in [1.29, 1.82) is 0 Å². The number of aromatic nitrogens is 1. The third kappa shape index (κ3) is 8.55. The van der Waals surface area contributed by atoms with Gasteiger partial charge in [-0.1, -0.05) is 288 Å². The predicted molar refractivity (Wildman–Crippen MR) is 325 cm³/mol. The second-order valence-corrected chi connectivity index (χ2v) is 20.9. The molecule has 0 spiro atoms. The molecular weight excluding hydrogens is 931 g/mol. The van der Waals surface area contributed by atoms with E-state index < -0.39 is 0 Å². The average molecular weight is 986 g/mol. The zero-order valence-electron chi connectivity index (χ0n) is 43.4. The molecule has 0 atom stereocenters. The van der Waals surface area contributed by atoms with Gasteiger partial charge < -0.3 is 4.42 Å². The van der Waals surface area contributed by atoms with E-state index in [1.54, 1.807) is 0 Å². The highest BCUT2D eigenvalue weighted by Crippen LogP contribution is 2.59. The maximum Gasteiger partial charge on any atom is 0.228 e. The molecule has 1 heterocycles. The van der Waals surface area contributed by atoms with Gasteiger partial charge in [0.1, 0.15) is 0 Å². The maximum absolute atomic E-state index is 7.48. The van der Waals surface area contributed by atoms with Gasteiger partial charge >= 0.3 is 0 Å². The van der Waals surface area contributed by atoms with Gasteiger partial charge in [-0.2, -0.15) is 0 Å². The largest absolute Gasteiger partial charge is 0.436 e. The van der Waals surface area contributed by atoms with Gasteiger partial charge in [0.2, 0.25) is 5.89 Å². The van der Waals surface area contributed by atoms with E-state index in [0.29, 0.717) is 11.7 Å². The van der Waals surface area contributed by atoms with Gasteiger partial charge in [0.05, 0.1) is 11.8 Å². The Hall–Kier alpha value is -9.63. The minimum Gasteiger partial charge on any atom is -0.436 e. The lowest BCUT2D eigenvalue weighted by molar-refractivity contribution is 0.585. The molecule has 2 heteroatoms. The number of fused-ring (bicyclic) bond motifs is 2. The number of hydrogen-bond acceptors (Lipinski definition) is 2. The van der Waals surface area contributed by atoms with Crippen LogP contribution in [-0.4, -0.2) is 4.98 Å². The summed E-state index contributed by atoms with van der Waals surface area (Å²) in [6.45, 7) is 6.76.